The molecule has 0 heterocycles. The van der Waals surface area contributed by atoms with Gasteiger partial charge in [0.25, 0.3) is 0 Å². The van der Waals surface area contributed by atoms with Crippen molar-refractivity contribution in [2.75, 3.05) is 6.54 Å². The van der Waals surface area contributed by atoms with Gasteiger partial charge in [0, 0.05) is 19.0 Å². The summed E-state index contributed by atoms with van der Waals surface area (Å²) in [5.41, 5.74) is -0.355. The molecule has 3 N–H and O–H groups in total. The quantitative estimate of drug-likeness (QED) is 0.681. The summed E-state index contributed by atoms with van der Waals surface area (Å²) in [6.45, 7) is 3.16. The number of aliphatic hydroxyl groups is 1. The van der Waals surface area contributed by atoms with Gasteiger partial charge in [0.2, 0.25) is 11.8 Å². The highest BCUT2D eigenvalue weighted by molar-refractivity contribution is 5.79. The molecule has 0 saturated heterocycles. The molecule has 23 heavy (non-hydrogen) atoms. The van der Waals surface area contributed by atoms with Gasteiger partial charge in [-0.2, -0.15) is 0 Å². The molecule has 5 nitrogen and oxygen atoms in total. The number of amides is 2. The van der Waals surface area contributed by atoms with Crippen LogP contribution in [0.1, 0.15) is 44.7 Å². The number of rotatable bonds is 8. The van der Waals surface area contributed by atoms with E-state index in [1.807, 2.05) is 6.92 Å². The summed E-state index contributed by atoms with van der Waals surface area (Å²) in [5.74, 6) is -2.68. The van der Waals surface area contributed by atoms with E-state index in [9.17, 15) is 23.5 Å². The Labute approximate surface area is 134 Å². The van der Waals surface area contributed by atoms with Crippen LogP contribution in [-0.2, 0) is 9.59 Å². The molecule has 128 valence electrons. The van der Waals surface area contributed by atoms with Crippen LogP contribution in [0.2, 0.25) is 0 Å². The summed E-state index contributed by atoms with van der Waals surface area (Å²) >= 11 is 0. The molecule has 2 amide bonds. The average molecular weight is 328 g/mol. The SMILES string of the molecule is CCCC(O)CNC(=O)CC(NC(C)=O)c1c(F)cccc1F. The zero-order valence-electron chi connectivity index (χ0n) is 13.2. The topological polar surface area (TPSA) is 78.4 Å². The molecule has 7 heteroatoms. The number of carbonyl (C=O) groups is 2. The number of halogens is 2. The lowest BCUT2D eigenvalue weighted by Gasteiger charge is -2.20. The summed E-state index contributed by atoms with van der Waals surface area (Å²) in [6, 6.07) is 2.23. The number of carbonyl (C=O) groups excluding carboxylic acids is 2. The van der Waals surface area contributed by atoms with Gasteiger partial charge in [0.15, 0.2) is 0 Å². The van der Waals surface area contributed by atoms with E-state index in [2.05, 4.69) is 10.6 Å². The van der Waals surface area contributed by atoms with Gasteiger partial charge in [0.1, 0.15) is 11.6 Å². The van der Waals surface area contributed by atoms with Crippen LogP contribution < -0.4 is 10.6 Å². The summed E-state index contributed by atoms with van der Waals surface area (Å²) in [7, 11) is 0. The summed E-state index contributed by atoms with van der Waals surface area (Å²) in [4.78, 5) is 23.2. The minimum Gasteiger partial charge on any atom is -0.391 e. The first kappa shape index (κ1) is 19.0. The molecule has 0 aliphatic heterocycles. The number of nitrogens with one attached hydrogen (secondary N) is 2. The van der Waals surface area contributed by atoms with Crippen LogP contribution in [0.5, 0.6) is 0 Å². The van der Waals surface area contributed by atoms with Crippen LogP contribution in [0.4, 0.5) is 8.78 Å². The fourth-order valence-corrected chi connectivity index (χ4v) is 2.24. The van der Waals surface area contributed by atoms with Gasteiger partial charge in [-0.3, -0.25) is 9.59 Å². The van der Waals surface area contributed by atoms with E-state index in [4.69, 9.17) is 0 Å². The molecule has 1 aromatic carbocycles. The highest BCUT2D eigenvalue weighted by atomic mass is 19.1. The molecule has 2 atom stereocenters. The first-order chi connectivity index (χ1) is 10.8. The van der Waals surface area contributed by atoms with Crippen LogP contribution in [0.25, 0.3) is 0 Å². The lowest BCUT2D eigenvalue weighted by atomic mass is 10.0. The molecule has 1 rings (SSSR count). The molecule has 0 fully saturated rings. The Kier molecular flexibility index (Phi) is 7.61. The van der Waals surface area contributed by atoms with Crippen LogP contribution in [0, 0.1) is 11.6 Å². The normalized spacial score (nSPS) is 13.3. The zero-order valence-corrected chi connectivity index (χ0v) is 13.2. The number of hydrogen-bond donors (Lipinski definition) is 3. The maximum Gasteiger partial charge on any atom is 0.222 e. The van der Waals surface area contributed by atoms with Crippen molar-refractivity contribution in [3.8, 4) is 0 Å². The summed E-state index contributed by atoms with van der Waals surface area (Å²) in [5, 5.41) is 14.5. The van der Waals surface area contributed by atoms with Crippen molar-refractivity contribution in [1.29, 1.82) is 0 Å². The Morgan fingerprint density at radius 2 is 1.87 bits per heavy atom. The van der Waals surface area contributed by atoms with Gasteiger partial charge >= 0.3 is 0 Å². The molecular weight excluding hydrogens is 306 g/mol. The lowest BCUT2D eigenvalue weighted by Crippen LogP contribution is -2.36. The third kappa shape index (κ3) is 6.32. The van der Waals surface area contributed by atoms with E-state index in [1.54, 1.807) is 0 Å². The Morgan fingerprint density at radius 3 is 2.39 bits per heavy atom. The third-order valence-electron chi connectivity index (χ3n) is 3.27. The van der Waals surface area contributed by atoms with Crippen molar-refractivity contribution < 1.29 is 23.5 Å². The largest absolute Gasteiger partial charge is 0.391 e. The van der Waals surface area contributed by atoms with Gasteiger partial charge in [-0.25, -0.2) is 8.78 Å². The predicted octanol–water partition coefficient (Wildman–Crippen LogP) is 1.81. The number of benzene rings is 1. The Bertz CT molecular complexity index is 532. The van der Waals surface area contributed by atoms with E-state index in [0.29, 0.717) is 6.42 Å². The predicted molar refractivity (Wildman–Crippen MR) is 81.5 cm³/mol. The highest BCUT2D eigenvalue weighted by Crippen LogP contribution is 2.23. The molecule has 0 aliphatic rings. The van der Waals surface area contributed by atoms with E-state index in [-0.39, 0.29) is 18.5 Å². The van der Waals surface area contributed by atoms with Crippen molar-refractivity contribution in [3.05, 3.63) is 35.4 Å². The molecule has 0 radical (unpaired) electrons. The fraction of sp³-hybridized carbons (Fsp3) is 0.500. The van der Waals surface area contributed by atoms with Crippen LogP contribution in [0.3, 0.4) is 0 Å². The molecular formula is C16H22F2N2O3. The standard InChI is InChI=1S/C16H22F2N2O3/c1-3-5-11(22)9-19-15(23)8-14(20-10(2)21)16-12(17)6-4-7-13(16)18/h4,6-7,11,14,22H,3,5,8-9H2,1-2H3,(H,19,23)(H,20,21). The first-order valence-electron chi connectivity index (χ1n) is 7.50. The summed E-state index contributed by atoms with van der Waals surface area (Å²) in [6.07, 6.45) is 0.313. The highest BCUT2D eigenvalue weighted by Gasteiger charge is 2.23. The lowest BCUT2D eigenvalue weighted by molar-refractivity contribution is -0.123. The Morgan fingerprint density at radius 1 is 1.26 bits per heavy atom. The van der Waals surface area contributed by atoms with Crippen LogP contribution >= 0.6 is 0 Å². The first-order valence-corrected chi connectivity index (χ1v) is 7.50. The van der Waals surface area contributed by atoms with Gasteiger partial charge in [-0.05, 0) is 18.6 Å². The van der Waals surface area contributed by atoms with Crippen molar-refractivity contribution >= 4 is 11.8 Å². The Hall–Kier alpha value is -2.02. The molecule has 0 aromatic heterocycles. The smallest absolute Gasteiger partial charge is 0.222 e. The van der Waals surface area contributed by atoms with Crippen molar-refractivity contribution in [2.45, 2.75) is 45.3 Å². The molecule has 0 spiro atoms. The minimum atomic E-state index is -1.11. The maximum atomic E-state index is 13.9. The molecule has 1 aromatic rings. The van der Waals surface area contributed by atoms with Crippen LogP contribution in [0.15, 0.2) is 18.2 Å². The third-order valence-corrected chi connectivity index (χ3v) is 3.27. The monoisotopic (exact) mass is 328 g/mol. The average Bonchev–Trinajstić information content (AvgIpc) is 2.44. The van der Waals surface area contributed by atoms with Gasteiger partial charge in [0.05, 0.1) is 18.6 Å². The second kappa shape index (κ2) is 9.19. The van der Waals surface area contributed by atoms with E-state index < -0.39 is 35.6 Å². The zero-order chi connectivity index (χ0) is 17.4. The molecule has 2 unspecified atom stereocenters. The van der Waals surface area contributed by atoms with E-state index >= 15 is 0 Å². The second-order valence-electron chi connectivity index (χ2n) is 5.34. The van der Waals surface area contributed by atoms with Gasteiger partial charge < -0.3 is 15.7 Å². The fourth-order valence-electron chi connectivity index (χ4n) is 2.24. The maximum absolute atomic E-state index is 13.9. The number of aliphatic hydroxyl groups excluding tert-OH is 1. The van der Waals surface area contributed by atoms with Gasteiger partial charge in [-0.15, -0.1) is 0 Å². The van der Waals surface area contributed by atoms with E-state index in [1.165, 1.54) is 13.0 Å². The molecule has 0 saturated carbocycles. The van der Waals surface area contributed by atoms with Crippen molar-refractivity contribution in [3.63, 3.8) is 0 Å². The molecule has 0 bridgehead atoms. The molecule has 0 aliphatic carbocycles. The Balaban J connectivity index is 2.79. The van der Waals surface area contributed by atoms with Crippen molar-refractivity contribution in [1.82, 2.24) is 10.6 Å². The second-order valence-corrected chi connectivity index (χ2v) is 5.34. The minimum absolute atomic E-state index is 0.0548. The summed E-state index contributed by atoms with van der Waals surface area (Å²) < 4.78 is 27.7. The van der Waals surface area contributed by atoms with Gasteiger partial charge in [-0.1, -0.05) is 19.4 Å². The number of hydrogen-bond acceptors (Lipinski definition) is 3. The van der Waals surface area contributed by atoms with Crippen LogP contribution in [-0.4, -0.2) is 29.6 Å². The van der Waals surface area contributed by atoms with E-state index in [0.717, 1.165) is 18.6 Å². The van der Waals surface area contributed by atoms with Crippen molar-refractivity contribution in [2.24, 2.45) is 0 Å².